The van der Waals surface area contributed by atoms with E-state index in [0.29, 0.717) is 30.8 Å². The molecule has 0 saturated carbocycles. The molecular weight excluding hydrogens is 382 g/mol. The first-order chi connectivity index (χ1) is 14.8. The van der Waals surface area contributed by atoms with Crippen molar-refractivity contribution in [2.45, 2.75) is 18.6 Å². The molecule has 8 heteroatoms. The van der Waals surface area contributed by atoms with Gasteiger partial charge in [-0.15, -0.1) is 0 Å². The van der Waals surface area contributed by atoms with Crippen LogP contribution in [0, 0.1) is 0 Å². The molecule has 2 saturated heterocycles. The third-order valence-corrected chi connectivity index (χ3v) is 5.80. The number of aromatic nitrogens is 3. The third-order valence-electron chi connectivity index (χ3n) is 5.80. The Balaban J connectivity index is 1.29. The Hall–Kier alpha value is -2.81. The summed E-state index contributed by atoms with van der Waals surface area (Å²) in [5, 5.41) is 3.13. The molecule has 0 spiro atoms. The van der Waals surface area contributed by atoms with E-state index in [1.807, 2.05) is 22.8 Å². The smallest absolute Gasteiger partial charge is 0.253 e. The Kier molecular flexibility index (Phi) is 5.44. The number of carbonyl (C=O) groups is 1. The van der Waals surface area contributed by atoms with Crippen LogP contribution >= 0.6 is 0 Å². The van der Waals surface area contributed by atoms with E-state index in [0.717, 1.165) is 32.0 Å². The van der Waals surface area contributed by atoms with Crippen molar-refractivity contribution in [2.24, 2.45) is 0 Å². The van der Waals surface area contributed by atoms with Crippen LogP contribution < -0.4 is 5.32 Å². The predicted octanol–water partition coefficient (Wildman–Crippen LogP) is 1.31. The van der Waals surface area contributed by atoms with Crippen LogP contribution in [0.5, 0.6) is 0 Å². The number of rotatable bonds is 5. The zero-order valence-electron chi connectivity index (χ0n) is 16.7. The molecule has 30 heavy (non-hydrogen) atoms. The molecule has 1 aromatic carbocycles. The molecule has 2 aromatic heterocycles. The van der Waals surface area contributed by atoms with E-state index < -0.39 is 0 Å². The van der Waals surface area contributed by atoms with Gasteiger partial charge in [-0.3, -0.25) is 9.69 Å². The van der Waals surface area contributed by atoms with Crippen LogP contribution in [0.2, 0.25) is 0 Å². The number of imidazole rings is 1. The molecule has 0 aliphatic carbocycles. The lowest BCUT2D eigenvalue weighted by Crippen LogP contribution is -2.54. The number of carbonyl (C=O) groups excluding carboxylic acids is 1. The molecule has 2 fully saturated rings. The van der Waals surface area contributed by atoms with Gasteiger partial charge in [-0.2, -0.15) is 0 Å². The van der Waals surface area contributed by atoms with E-state index in [-0.39, 0.29) is 18.0 Å². The summed E-state index contributed by atoms with van der Waals surface area (Å²) in [5.41, 5.74) is 3.17. The molecule has 0 radical (unpaired) electrons. The lowest BCUT2D eigenvalue weighted by molar-refractivity contribution is 0.0108. The molecule has 8 nitrogen and oxygen atoms in total. The van der Waals surface area contributed by atoms with Crippen molar-refractivity contribution in [2.75, 3.05) is 39.5 Å². The van der Waals surface area contributed by atoms with Crippen molar-refractivity contribution in [3.8, 4) is 0 Å². The molecule has 2 aliphatic heterocycles. The molecule has 2 aliphatic rings. The minimum Gasteiger partial charge on any atom is -0.379 e. The van der Waals surface area contributed by atoms with Gasteiger partial charge in [0.25, 0.3) is 5.91 Å². The Bertz CT molecular complexity index is 1020. The number of hydrogen-bond acceptors (Lipinski definition) is 6. The molecule has 5 rings (SSSR count). The molecular formula is C22H25N5O3. The number of nitrogens with zero attached hydrogens (tertiary/aromatic N) is 4. The van der Waals surface area contributed by atoms with E-state index in [1.165, 1.54) is 5.56 Å². The lowest BCUT2D eigenvalue weighted by Gasteiger charge is -2.34. The number of fused-ring (bicyclic) bond motifs is 1. The molecule has 3 aromatic rings. The van der Waals surface area contributed by atoms with Gasteiger partial charge in [-0.05, 0) is 11.6 Å². The minimum atomic E-state index is -0.143. The zero-order valence-corrected chi connectivity index (χ0v) is 16.7. The second-order valence-corrected chi connectivity index (χ2v) is 7.76. The molecule has 2 atom stereocenters. The Morgan fingerprint density at radius 2 is 1.93 bits per heavy atom. The summed E-state index contributed by atoms with van der Waals surface area (Å²) in [7, 11) is 0. The van der Waals surface area contributed by atoms with Gasteiger partial charge in [-0.1, -0.05) is 30.3 Å². The number of morpholine rings is 1. The van der Waals surface area contributed by atoms with Gasteiger partial charge >= 0.3 is 0 Å². The molecule has 4 heterocycles. The van der Waals surface area contributed by atoms with Crippen LogP contribution in [0.15, 0.2) is 48.9 Å². The van der Waals surface area contributed by atoms with Gasteiger partial charge in [0.1, 0.15) is 5.52 Å². The van der Waals surface area contributed by atoms with Crippen LogP contribution in [-0.4, -0.2) is 76.9 Å². The number of pyridine rings is 1. The van der Waals surface area contributed by atoms with Gasteiger partial charge in [0.2, 0.25) is 0 Å². The normalized spacial score (nSPS) is 22.4. The first kappa shape index (κ1) is 19.2. The summed E-state index contributed by atoms with van der Waals surface area (Å²) in [6.07, 6.45) is 3.39. The maximum absolute atomic E-state index is 12.9. The summed E-state index contributed by atoms with van der Waals surface area (Å²) < 4.78 is 13.1. The highest BCUT2D eigenvalue weighted by atomic mass is 16.5. The van der Waals surface area contributed by atoms with Gasteiger partial charge in [0.05, 0.1) is 56.9 Å². The Morgan fingerprint density at radius 1 is 1.10 bits per heavy atom. The van der Waals surface area contributed by atoms with Crippen molar-refractivity contribution in [3.63, 3.8) is 0 Å². The van der Waals surface area contributed by atoms with E-state index in [4.69, 9.17) is 9.47 Å². The summed E-state index contributed by atoms with van der Waals surface area (Å²) in [6, 6.07) is 12.1. The van der Waals surface area contributed by atoms with Crippen LogP contribution in [0.4, 0.5) is 0 Å². The largest absolute Gasteiger partial charge is 0.379 e. The van der Waals surface area contributed by atoms with Crippen LogP contribution in [0.1, 0.15) is 15.9 Å². The first-order valence-electron chi connectivity index (χ1n) is 10.3. The van der Waals surface area contributed by atoms with E-state index >= 15 is 0 Å². The SMILES string of the molecule is O=C(N[C@H]1COC[C@@H]1N1CCOCC1)c1cnc2c(c1)ncn2Cc1ccccc1. The molecule has 1 N–H and O–H groups in total. The van der Waals surface area contributed by atoms with E-state index in [2.05, 4.69) is 32.3 Å². The number of ether oxygens (including phenoxy) is 2. The standard InChI is InChI=1S/C22H25N5O3/c28-22(25-19-13-30-14-20(19)26-6-8-29-9-7-26)17-10-18-21(23-11-17)27(15-24-18)12-16-4-2-1-3-5-16/h1-5,10-11,15,19-20H,6-9,12-14H2,(H,25,28)/t19-,20-/m0/s1. The van der Waals surface area contributed by atoms with Crippen molar-refractivity contribution in [1.29, 1.82) is 0 Å². The summed E-state index contributed by atoms with van der Waals surface area (Å²) in [5.74, 6) is -0.143. The van der Waals surface area contributed by atoms with Crippen molar-refractivity contribution >= 4 is 17.1 Å². The molecule has 0 bridgehead atoms. The Morgan fingerprint density at radius 3 is 2.77 bits per heavy atom. The fraction of sp³-hybridized carbons (Fsp3) is 0.409. The summed E-state index contributed by atoms with van der Waals surface area (Å²) >= 11 is 0. The maximum Gasteiger partial charge on any atom is 0.253 e. The first-order valence-corrected chi connectivity index (χ1v) is 10.3. The maximum atomic E-state index is 12.9. The highest BCUT2D eigenvalue weighted by Gasteiger charge is 2.35. The predicted molar refractivity (Wildman–Crippen MR) is 111 cm³/mol. The minimum absolute atomic E-state index is 0.0399. The number of amides is 1. The fourth-order valence-corrected chi connectivity index (χ4v) is 4.17. The van der Waals surface area contributed by atoms with Crippen LogP contribution in [-0.2, 0) is 16.0 Å². The van der Waals surface area contributed by atoms with Crippen molar-refractivity contribution in [3.05, 3.63) is 60.0 Å². The lowest BCUT2D eigenvalue weighted by atomic mass is 10.1. The van der Waals surface area contributed by atoms with E-state index in [9.17, 15) is 4.79 Å². The van der Waals surface area contributed by atoms with Gasteiger partial charge in [0.15, 0.2) is 5.65 Å². The Labute approximate surface area is 174 Å². The second kappa shape index (κ2) is 8.51. The number of benzene rings is 1. The quantitative estimate of drug-likeness (QED) is 0.687. The number of hydrogen-bond donors (Lipinski definition) is 1. The molecule has 0 unspecified atom stereocenters. The van der Waals surface area contributed by atoms with Crippen molar-refractivity contribution < 1.29 is 14.3 Å². The zero-order chi connectivity index (χ0) is 20.3. The fourth-order valence-electron chi connectivity index (χ4n) is 4.17. The molecule has 156 valence electrons. The van der Waals surface area contributed by atoms with Gasteiger partial charge in [-0.25, -0.2) is 9.97 Å². The van der Waals surface area contributed by atoms with Crippen molar-refractivity contribution in [1.82, 2.24) is 24.8 Å². The number of nitrogens with one attached hydrogen (secondary N) is 1. The highest BCUT2D eigenvalue weighted by Crippen LogP contribution is 2.17. The summed E-state index contributed by atoms with van der Waals surface area (Å²) in [6.45, 7) is 5.03. The average molecular weight is 407 g/mol. The van der Waals surface area contributed by atoms with Crippen LogP contribution in [0.25, 0.3) is 11.2 Å². The molecule has 1 amide bonds. The third kappa shape index (κ3) is 3.94. The highest BCUT2D eigenvalue weighted by molar-refractivity contribution is 5.96. The second-order valence-electron chi connectivity index (χ2n) is 7.76. The average Bonchev–Trinajstić information content (AvgIpc) is 3.42. The summed E-state index contributed by atoms with van der Waals surface area (Å²) in [4.78, 5) is 24.2. The van der Waals surface area contributed by atoms with Gasteiger partial charge < -0.3 is 19.4 Å². The van der Waals surface area contributed by atoms with Crippen LogP contribution in [0.3, 0.4) is 0 Å². The topological polar surface area (TPSA) is 81.5 Å². The monoisotopic (exact) mass is 407 g/mol. The van der Waals surface area contributed by atoms with Gasteiger partial charge in [0, 0.05) is 19.3 Å². The van der Waals surface area contributed by atoms with E-state index in [1.54, 1.807) is 18.6 Å².